The fraction of sp³-hybridized carbons (Fsp3) is 0.471. The van der Waals surface area contributed by atoms with Crippen LogP contribution >= 0.6 is 0 Å². The van der Waals surface area contributed by atoms with E-state index in [1.807, 2.05) is 31.3 Å². The van der Waals surface area contributed by atoms with E-state index >= 15 is 0 Å². The quantitative estimate of drug-likeness (QED) is 0.908. The van der Waals surface area contributed by atoms with Gasteiger partial charge in [-0.3, -0.25) is 4.98 Å². The summed E-state index contributed by atoms with van der Waals surface area (Å²) in [5.74, 6) is 1.05. The number of aromatic nitrogens is 3. The third-order valence-corrected chi connectivity index (χ3v) is 4.24. The van der Waals surface area contributed by atoms with Crippen molar-refractivity contribution in [2.45, 2.75) is 38.6 Å². The second-order valence-corrected chi connectivity index (χ2v) is 6.01. The third kappa shape index (κ3) is 3.60. The van der Waals surface area contributed by atoms with Gasteiger partial charge in [0.1, 0.15) is 0 Å². The zero-order valence-electron chi connectivity index (χ0n) is 12.9. The largest absolute Gasteiger partial charge is 0.396 e. The Morgan fingerprint density at radius 1 is 1.23 bits per heavy atom. The van der Waals surface area contributed by atoms with E-state index in [2.05, 4.69) is 20.3 Å². The molecule has 2 aromatic heterocycles. The molecule has 22 heavy (non-hydrogen) atoms. The summed E-state index contributed by atoms with van der Waals surface area (Å²) in [6, 6.07) is 6.25. The molecule has 0 spiro atoms. The zero-order chi connectivity index (χ0) is 15.4. The minimum Gasteiger partial charge on any atom is -0.396 e. The number of rotatable bonds is 4. The Labute approximate surface area is 130 Å². The summed E-state index contributed by atoms with van der Waals surface area (Å²) in [6.45, 7) is 2.24. The van der Waals surface area contributed by atoms with Gasteiger partial charge >= 0.3 is 0 Å². The normalized spacial score (nSPS) is 21.5. The number of aliphatic hydroxyl groups excluding tert-OH is 1. The first-order valence-electron chi connectivity index (χ1n) is 7.88. The SMILES string of the molecule is Cc1ccc(-c2ccnc(NC3CCCC(CO)C3)n2)cn1. The molecule has 5 nitrogen and oxygen atoms in total. The number of anilines is 1. The summed E-state index contributed by atoms with van der Waals surface area (Å²) < 4.78 is 0. The van der Waals surface area contributed by atoms with Gasteiger partial charge in [-0.1, -0.05) is 6.42 Å². The van der Waals surface area contributed by atoms with Crippen LogP contribution in [0.1, 0.15) is 31.4 Å². The van der Waals surface area contributed by atoms with Gasteiger partial charge in [-0.2, -0.15) is 0 Å². The van der Waals surface area contributed by atoms with Crippen LogP contribution in [0.3, 0.4) is 0 Å². The molecular formula is C17H22N4O. The van der Waals surface area contributed by atoms with Crippen molar-refractivity contribution in [1.82, 2.24) is 15.0 Å². The fourth-order valence-corrected chi connectivity index (χ4v) is 2.98. The number of aryl methyl sites for hydroxylation is 1. The van der Waals surface area contributed by atoms with Gasteiger partial charge in [0.15, 0.2) is 0 Å². The second kappa shape index (κ2) is 6.83. The Balaban J connectivity index is 1.72. The van der Waals surface area contributed by atoms with Crippen LogP contribution in [-0.4, -0.2) is 32.7 Å². The van der Waals surface area contributed by atoms with E-state index in [-0.39, 0.29) is 6.61 Å². The van der Waals surface area contributed by atoms with Gasteiger partial charge in [0.2, 0.25) is 5.95 Å². The van der Waals surface area contributed by atoms with Crippen LogP contribution in [0.4, 0.5) is 5.95 Å². The zero-order valence-corrected chi connectivity index (χ0v) is 12.9. The Morgan fingerprint density at radius 3 is 2.91 bits per heavy atom. The number of pyridine rings is 1. The predicted molar refractivity (Wildman–Crippen MR) is 86.5 cm³/mol. The summed E-state index contributed by atoms with van der Waals surface area (Å²) in [5, 5.41) is 12.7. The van der Waals surface area contributed by atoms with E-state index in [1.54, 1.807) is 6.20 Å². The summed E-state index contributed by atoms with van der Waals surface area (Å²) in [6.07, 6.45) is 7.96. The molecular weight excluding hydrogens is 276 g/mol. The van der Waals surface area contributed by atoms with Crippen molar-refractivity contribution >= 4 is 5.95 Å². The highest BCUT2D eigenvalue weighted by atomic mass is 16.3. The Hall–Kier alpha value is -2.01. The van der Waals surface area contributed by atoms with Gasteiger partial charge in [-0.25, -0.2) is 9.97 Å². The van der Waals surface area contributed by atoms with Crippen molar-refractivity contribution in [3.05, 3.63) is 36.3 Å². The first kappa shape index (κ1) is 14.9. The smallest absolute Gasteiger partial charge is 0.223 e. The molecule has 0 radical (unpaired) electrons. The molecule has 2 N–H and O–H groups in total. The topological polar surface area (TPSA) is 70.9 Å². The van der Waals surface area contributed by atoms with Crippen LogP contribution in [0.15, 0.2) is 30.6 Å². The predicted octanol–water partition coefficient (Wildman–Crippen LogP) is 2.81. The van der Waals surface area contributed by atoms with E-state index in [1.165, 1.54) is 0 Å². The molecule has 116 valence electrons. The Bertz CT molecular complexity index is 614. The molecule has 1 saturated carbocycles. The molecule has 3 rings (SSSR count). The Morgan fingerprint density at radius 2 is 2.14 bits per heavy atom. The van der Waals surface area contributed by atoms with E-state index in [0.717, 1.165) is 42.6 Å². The van der Waals surface area contributed by atoms with Crippen molar-refractivity contribution in [2.24, 2.45) is 5.92 Å². The van der Waals surface area contributed by atoms with E-state index in [0.29, 0.717) is 17.9 Å². The van der Waals surface area contributed by atoms with Gasteiger partial charge < -0.3 is 10.4 Å². The molecule has 5 heteroatoms. The van der Waals surface area contributed by atoms with Crippen molar-refractivity contribution in [1.29, 1.82) is 0 Å². The van der Waals surface area contributed by atoms with Gasteiger partial charge in [0.05, 0.1) is 5.69 Å². The third-order valence-electron chi connectivity index (χ3n) is 4.24. The highest BCUT2D eigenvalue weighted by Gasteiger charge is 2.21. The fourth-order valence-electron chi connectivity index (χ4n) is 2.98. The lowest BCUT2D eigenvalue weighted by molar-refractivity contribution is 0.184. The molecule has 2 unspecified atom stereocenters. The maximum absolute atomic E-state index is 9.32. The number of hydrogen-bond acceptors (Lipinski definition) is 5. The lowest BCUT2D eigenvalue weighted by Crippen LogP contribution is -2.29. The van der Waals surface area contributed by atoms with Gasteiger partial charge in [0, 0.05) is 36.3 Å². The van der Waals surface area contributed by atoms with Gasteiger partial charge in [0.25, 0.3) is 0 Å². The Kier molecular flexibility index (Phi) is 4.63. The lowest BCUT2D eigenvalue weighted by Gasteiger charge is -2.28. The maximum atomic E-state index is 9.32. The lowest BCUT2D eigenvalue weighted by atomic mass is 9.86. The number of nitrogens with one attached hydrogen (secondary N) is 1. The number of hydrogen-bond donors (Lipinski definition) is 2. The summed E-state index contributed by atoms with van der Waals surface area (Å²) in [5.41, 5.74) is 2.86. The van der Waals surface area contributed by atoms with Crippen LogP contribution in [0.25, 0.3) is 11.3 Å². The molecule has 1 aliphatic carbocycles. The summed E-state index contributed by atoms with van der Waals surface area (Å²) >= 11 is 0. The molecule has 0 saturated heterocycles. The van der Waals surface area contributed by atoms with Crippen molar-refractivity contribution in [3.63, 3.8) is 0 Å². The molecule has 0 aliphatic heterocycles. The maximum Gasteiger partial charge on any atom is 0.223 e. The van der Waals surface area contributed by atoms with Crippen LogP contribution in [-0.2, 0) is 0 Å². The summed E-state index contributed by atoms with van der Waals surface area (Å²) in [4.78, 5) is 13.2. The van der Waals surface area contributed by atoms with Crippen LogP contribution < -0.4 is 5.32 Å². The first-order chi connectivity index (χ1) is 10.7. The standard InChI is InChI=1S/C17H22N4O/c1-12-5-6-14(10-19-12)16-7-8-18-17(21-16)20-15-4-2-3-13(9-15)11-22/h5-8,10,13,15,22H,2-4,9,11H2,1H3,(H,18,20,21). The number of nitrogens with zero attached hydrogens (tertiary/aromatic N) is 3. The molecule has 2 aromatic rings. The van der Waals surface area contributed by atoms with E-state index in [9.17, 15) is 5.11 Å². The summed E-state index contributed by atoms with van der Waals surface area (Å²) in [7, 11) is 0. The highest BCUT2D eigenvalue weighted by Crippen LogP contribution is 2.26. The van der Waals surface area contributed by atoms with Gasteiger partial charge in [-0.05, 0) is 50.3 Å². The number of aliphatic hydroxyl groups is 1. The molecule has 1 fully saturated rings. The molecule has 2 heterocycles. The second-order valence-electron chi connectivity index (χ2n) is 6.01. The average Bonchev–Trinajstić information content (AvgIpc) is 2.56. The molecule has 0 aromatic carbocycles. The average molecular weight is 298 g/mol. The van der Waals surface area contributed by atoms with Crippen molar-refractivity contribution in [3.8, 4) is 11.3 Å². The van der Waals surface area contributed by atoms with Crippen molar-refractivity contribution in [2.75, 3.05) is 11.9 Å². The molecule has 0 bridgehead atoms. The van der Waals surface area contributed by atoms with Crippen molar-refractivity contribution < 1.29 is 5.11 Å². The van der Waals surface area contributed by atoms with E-state index in [4.69, 9.17) is 0 Å². The first-order valence-corrected chi connectivity index (χ1v) is 7.88. The molecule has 1 aliphatic rings. The van der Waals surface area contributed by atoms with E-state index < -0.39 is 0 Å². The highest BCUT2D eigenvalue weighted by molar-refractivity contribution is 5.58. The van der Waals surface area contributed by atoms with Crippen LogP contribution in [0.5, 0.6) is 0 Å². The molecule has 2 atom stereocenters. The minimum atomic E-state index is 0.272. The van der Waals surface area contributed by atoms with Crippen LogP contribution in [0, 0.1) is 12.8 Å². The van der Waals surface area contributed by atoms with Gasteiger partial charge in [-0.15, -0.1) is 0 Å². The monoisotopic (exact) mass is 298 g/mol. The molecule has 0 amide bonds. The van der Waals surface area contributed by atoms with Crippen LogP contribution in [0.2, 0.25) is 0 Å². The minimum absolute atomic E-state index is 0.272.